The van der Waals surface area contributed by atoms with Crippen LogP contribution >= 0.6 is 0 Å². The van der Waals surface area contributed by atoms with Crippen LogP contribution in [0.4, 0.5) is 0 Å². The largest absolute Gasteiger partial charge is 0.339 e. The molecule has 0 spiro atoms. The van der Waals surface area contributed by atoms with Crippen molar-refractivity contribution in [2.75, 3.05) is 40.3 Å². The van der Waals surface area contributed by atoms with E-state index in [9.17, 15) is 4.79 Å². The quantitative estimate of drug-likeness (QED) is 0.697. The molecule has 0 aromatic carbocycles. The number of amides is 1. The van der Waals surface area contributed by atoms with Gasteiger partial charge in [0.05, 0.1) is 6.54 Å². The number of hydrogen-bond donors (Lipinski definition) is 1. The first kappa shape index (κ1) is 15.4. The molecule has 1 aliphatic heterocycles. The molecule has 0 saturated carbocycles. The van der Waals surface area contributed by atoms with Gasteiger partial charge >= 0.3 is 0 Å². The van der Waals surface area contributed by atoms with Gasteiger partial charge in [-0.3, -0.25) is 4.79 Å². The van der Waals surface area contributed by atoms with E-state index in [4.69, 9.17) is 0 Å². The fourth-order valence-corrected chi connectivity index (χ4v) is 2.57. The molecule has 1 amide bonds. The van der Waals surface area contributed by atoms with Crippen LogP contribution in [0, 0.1) is 0 Å². The Labute approximate surface area is 112 Å². The van der Waals surface area contributed by atoms with E-state index in [0.29, 0.717) is 12.6 Å². The summed E-state index contributed by atoms with van der Waals surface area (Å²) in [5, 5.41) is 3.26. The number of carbonyl (C=O) groups excluding carboxylic acids is 1. The Morgan fingerprint density at radius 1 is 1.39 bits per heavy atom. The summed E-state index contributed by atoms with van der Waals surface area (Å²) in [6.07, 6.45) is 5.81. The molecule has 4 heteroatoms. The molecule has 0 aromatic heterocycles. The fraction of sp³-hybridized carbons (Fsp3) is 0.929. The number of rotatable bonds is 7. The van der Waals surface area contributed by atoms with Crippen LogP contribution in [-0.2, 0) is 4.79 Å². The van der Waals surface area contributed by atoms with Crippen LogP contribution in [-0.4, -0.2) is 62.0 Å². The van der Waals surface area contributed by atoms with E-state index in [-0.39, 0.29) is 5.91 Å². The molecule has 0 bridgehead atoms. The van der Waals surface area contributed by atoms with Crippen molar-refractivity contribution >= 4 is 5.91 Å². The van der Waals surface area contributed by atoms with E-state index >= 15 is 0 Å². The average Bonchev–Trinajstić information content (AvgIpc) is 2.37. The molecule has 0 aliphatic carbocycles. The second kappa shape index (κ2) is 8.48. The van der Waals surface area contributed by atoms with Gasteiger partial charge in [-0.25, -0.2) is 0 Å². The van der Waals surface area contributed by atoms with Gasteiger partial charge in [0.15, 0.2) is 0 Å². The summed E-state index contributed by atoms with van der Waals surface area (Å²) in [6.45, 7) is 5.64. The van der Waals surface area contributed by atoms with Crippen LogP contribution in [0.2, 0.25) is 0 Å². The van der Waals surface area contributed by atoms with Gasteiger partial charge in [-0.1, -0.05) is 6.92 Å². The van der Waals surface area contributed by atoms with Crippen molar-refractivity contribution in [3.63, 3.8) is 0 Å². The maximum atomic E-state index is 12.1. The van der Waals surface area contributed by atoms with Crippen LogP contribution in [0.15, 0.2) is 0 Å². The summed E-state index contributed by atoms with van der Waals surface area (Å²) >= 11 is 0. The van der Waals surface area contributed by atoms with Gasteiger partial charge in [-0.05, 0) is 59.3 Å². The third-order valence-corrected chi connectivity index (χ3v) is 3.65. The Kier molecular flexibility index (Phi) is 7.28. The van der Waals surface area contributed by atoms with Crippen molar-refractivity contribution in [2.45, 2.75) is 45.1 Å². The van der Waals surface area contributed by atoms with Crippen molar-refractivity contribution in [2.24, 2.45) is 0 Å². The summed E-state index contributed by atoms with van der Waals surface area (Å²) in [7, 11) is 4.15. The molecule has 106 valence electrons. The fourth-order valence-electron chi connectivity index (χ4n) is 2.57. The monoisotopic (exact) mass is 255 g/mol. The summed E-state index contributed by atoms with van der Waals surface area (Å²) in [6, 6.07) is 0.481. The van der Waals surface area contributed by atoms with Crippen LogP contribution in [0.5, 0.6) is 0 Å². The Bertz CT molecular complexity index is 243. The predicted molar refractivity (Wildman–Crippen MR) is 75.7 cm³/mol. The van der Waals surface area contributed by atoms with Crippen LogP contribution < -0.4 is 5.32 Å². The van der Waals surface area contributed by atoms with Gasteiger partial charge in [0.1, 0.15) is 0 Å². The summed E-state index contributed by atoms with van der Waals surface area (Å²) < 4.78 is 0. The minimum Gasteiger partial charge on any atom is -0.339 e. The molecular formula is C14H29N3O. The molecule has 1 rings (SSSR count). The molecule has 1 fully saturated rings. The number of carbonyl (C=O) groups is 1. The normalized spacial score (nSPS) is 20.4. The maximum absolute atomic E-state index is 12.1. The van der Waals surface area contributed by atoms with E-state index in [0.717, 1.165) is 32.5 Å². The number of nitrogens with one attached hydrogen (secondary N) is 1. The van der Waals surface area contributed by atoms with E-state index in [2.05, 4.69) is 36.1 Å². The number of hydrogen-bond acceptors (Lipinski definition) is 3. The zero-order chi connectivity index (χ0) is 13.4. The lowest BCUT2D eigenvalue weighted by Gasteiger charge is -2.35. The van der Waals surface area contributed by atoms with Crippen LogP contribution in [0.25, 0.3) is 0 Å². The zero-order valence-corrected chi connectivity index (χ0v) is 12.2. The molecule has 4 nitrogen and oxygen atoms in total. The van der Waals surface area contributed by atoms with Crippen LogP contribution in [0.1, 0.15) is 39.0 Å². The van der Waals surface area contributed by atoms with Gasteiger partial charge in [-0.15, -0.1) is 0 Å². The third-order valence-electron chi connectivity index (χ3n) is 3.65. The van der Waals surface area contributed by atoms with E-state index in [1.54, 1.807) is 0 Å². The SMILES string of the molecule is CCC1CCCCN1C(=O)CNCCCN(C)C. The highest BCUT2D eigenvalue weighted by Crippen LogP contribution is 2.19. The highest BCUT2D eigenvalue weighted by Gasteiger charge is 2.24. The Morgan fingerprint density at radius 2 is 2.17 bits per heavy atom. The minimum atomic E-state index is 0.284. The summed E-state index contributed by atoms with van der Waals surface area (Å²) in [5.74, 6) is 0.284. The van der Waals surface area contributed by atoms with Gasteiger partial charge in [0, 0.05) is 12.6 Å². The van der Waals surface area contributed by atoms with Crippen molar-refractivity contribution in [1.29, 1.82) is 0 Å². The van der Waals surface area contributed by atoms with E-state index in [1.165, 1.54) is 19.3 Å². The van der Waals surface area contributed by atoms with Gasteiger partial charge in [0.2, 0.25) is 5.91 Å². The van der Waals surface area contributed by atoms with Crippen molar-refractivity contribution in [3.05, 3.63) is 0 Å². The number of piperidine rings is 1. The topological polar surface area (TPSA) is 35.6 Å². The molecule has 0 radical (unpaired) electrons. The molecule has 0 aromatic rings. The highest BCUT2D eigenvalue weighted by atomic mass is 16.2. The molecule has 1 N–H and O–H groups in total. The number of nitrogens with zero attached hydrogens (tertiary/aromatic N) is 2. The second-order valence-corrected chi connectivity index (χ2v) is 5.48. The predicted octanol–water partition coefficient (Wildman–Crippen LogP) is 1.32. The van der Waals surface area contributed by atoms with Gasteiger partial charge in [0.25, 0.3) is 0 Å². The second-order valence-electron chi connectivity index (χ2n) is 5.48. The average molecular weight is 255 g/mol. The van der Waals surface area contributed by atoms with E-state index in [1.807, 2.05) is 0 Å². The van der Waals surface area contributed by atoms with Crippen molar-refractivity contribution in [3.8, 4) is 0 Å². The Morgan fingerprint density at radius 3 is 2.83 bits per heavy atom. The maximum Gasteiger partial charge on any atom is 0.236 e. The van der Waals surface area contributed by atoms with Gasteiger partial charge in [-0.2, -0.15) is 0 Å². The molecule has 1 heterocycles. The summed E-state index contributed by atoms with van der Waals surface area (Å²) in [5.41, 5.74) is 0. The Balaban J connectivity index is 2.18. The lowest BCUT2D eigenvalue weighted by molar-refractivity contribution is -0.133. The lowest BCUT2D eigenvalue weighted by atomic mass is 10.00. The molecule has 18 heavy (non-hydrogen) atoms. The zero-order valence-electron chi connectivity index (χ0n) is 12.2. The lowest BCUT2D eigenvalue weighted by Crippen LogP contribution is -2.47. The van der Waals surface area contributed by atoms with Gasteiger partial charge < -0.3 is 15.1 Å². The van der Waals surface area contributed by atoms with Crippen molar-refractivity contribution < 1.29 is 4.79 Å². The molecule has 1 unspecified atom stereocenters. The molecule has 1 saturated heterocycles. The van der Waals surface area contributed by atoms with Crippen LogP contribution in [0.3, 0.4) is 0 Å². The van der Waals surface area contributed by atoms with Crippen molar-refractivity contribution in [1.82, 2.24) is 15.1 Å². The van der Waals surface area contributed by atoms with E-state index < -0.39 is 0 Å². The smallest absolute Gasteiger partial charge is 0.236 e. The standard InChI is InChI=1S/C14H29N3O/c1-4-13-8-5-6-11-17(13)14(18)12-15-9-7-10-16(2)3/h13,15H,4-12H2,1-3H3. The molecular weight excluding hydrogens is 226 g/mol. The number of likely N-dealkylation sites (tertiary alicyclic amines) is 1. The first-order chi connectivity index (χ1) is 8.65. The third kappa shape index (κ3) is 5.36. The minimum absolute atomic E-state index is 0.284. The molecule has 1 atom stereocenters. The Hall–Kier alpha value is -0.610. The first-order valence-electron chi connectivity index (χ1n) is 7.30. The highest BCUT2D eigenvalue weighted by molar-refractivity contribution is 5.78. The molecule has 1 aliphatic rings. The first-order valence-corrected chi connectivity index (χ1v) is 7.30. The summed E-state index contributed by atoms with van der Waals surface area (Å²) in [4.78, 5) is 16.4.